The second kappa shape index (κ2) is 5.82. The first-order valence-electron chi connectivity index (χ1n) is 7.39. The molecule has 1 aliphatic rings. The van der Waals surface area contributed by atoms with E-state index in [1.807, 2.05) is 19.1 Å². The van der Waals surface area contributed by atoms with Crippen LogP contribution in [-0.4, -0.2) is 11.7 Å². The van der Waals surface area contributed by atoms with E-state index < -0.39 is 6.10 Å². The van der Waals surface area contributed by atoms with E-state index in [2.05, 4.69) is 58.1 Å². The molecular weight excluding hydrogens is 326 g/mol. The molecule has 0 bridgehead atoms. The van der Waals surface area contributed by atoms with Crippen molar-refractivity contribution in [3.8, 4) is 0 Å². The predicted molar refractivity (Wildman–Crippen MR) is 91.1 cm³/mol. The summed E-state index contributed by atoms with van der Waals surface area (Å²) in [5, 5.41) is 10.1. The van der Waals surface area contributed by atoms with Gasteiger partial charge >= 0.3 is 0 Å². The van der Waals surface area contributed by atoms with Crippen molar-refractivity contribution < 1.29 is 5.11 Å². The fourth-order valence-corrected chi connectivity index (χ4v) is 3.48. The van der Waals surface area contributed by atoms with Crippen molar-refractivity contribution >= 4 is 27.3 Å². The van der Waals surface area contributed by atoms with Gasteiger partial charge in [-0.1, -0.05) is 47.1 Å². The molecule has 0 saturated carbocycles. The van der Waals surface area contributed by atoms with E-state index in [0.29, 0.717) is 5.92 Å². The zero-order valence-electron chi connectivity index (χ0n) is 12.4. The van der Waals surface area contributed by atoms with Crippen molar-refractivity contribution in [1.29, 1.82) is 0 Å². The maximum absolute atomic E-state index is 10.1. The van der Waals surface area contributed by atoms with Gasteiger partial charge in [-0.3, -0.25) is 0 Å². The highest BCUT2D eigenvalue weighted by molar-refractivity contribution is 9.10. The zero-order valence-corrected chi connectivity index (χ0v) is 14.0. The number of benzene rings is 2. The van der Waals surface area contributed by atoms with Crippen LogP contribution in [-0.2, 0) is 6.42 Å². The molecule has 0 aliphatic carbocycles. The molecule has 0 spiro atoms. The van der Waals surface area contributed by atoms with Gasteiger partial charge in [0.15, 0.2) is 0 Å². The lowest BCUT2D eigenvalue weighted by molar-refractivity contribution is 0.199. The van der Waals surface area contributed by atoms with Crippen molar-refractivity contribution in [3.63, 3.8) is 0 Å². The fraction of sp³-hybridized carbons (Fsp3) is 0.333. The van der Waals surface area contributed by atoms with Gasteiger partial charge in [-0.15, -0.1) is 0 Å². The van der Waals surface area contributed by atoms with Crippen molar-refractivity contribution in [1.82, 2.24) is 0 Å². The van der Waals surface area contributed by atoms with Crippen LogP contribution in [0.25, 0.3) is 0 Å². The first kappa shape index (κ1) is 14.6. The molecule has 3 rings (SSSR count). The Kier molecular flexibility index (Phi) is 4.05. The Hall–Kier alpha value is -1.32. The summed E-state index contributed by atoms with van der Waals surface area (Å²) in [6.07, 6.45) is 0.641. The molecule has 2 unspecified atom stereocenters. The first-order valence-corrected chi connectivity index (χ1v) is 8.18. The van der Waals surface area contributed by atoms with Crippen LogP contribution in [0.5, 0.6) is 0 Å². The highest BCUT2D eigenvalue weighted by Gasteiger charge is 2.25. The van der Waals surface area contributed by atoms with E-state index in [-0.39, 0.29) is 0 Å². The van der Waals surface area contributed by atoms with Crippen LogP contribution in [0.1, 0.15) is 31.1 Å². The Balaban J connectivity index is 2.14. The zero-order chi connectivity index (χ0) is 15.0. The number of rotatable bonds is 2. The van der Waals surface area contributed by atoms with Crippen LogP contribution in [0.15, 0.2) is 46.9 Å². The average Bonchev–Trinajstić information content (AvgIpc) is 2.45. The van der Waals surface area contributed by atoms with E-state index in [1.54, 1.807) is 0 Å². The number of aliphatic hydroxyl groups is 1. The second-order valence-corrected chi connectivity index (χ2v) is 6.84. The average molecular weight is 346 g/mol. The number of halogens is 1. The van der Waals surface area contributed by atoms with E-state index in [0.717, 1.165) is 28.7 Å². The Morgan fingerprint density at radius 1 is 1.19 bits per heavy atom. The van der Waals surface area contributed by atoms with E-state index in [4.69, 9.17) is 0 Å². The topological polar surface area (TPSA) is 23.5 Å². The minimum absolute atomic E-state index is 0.475. The summed E-state index contributed by atoms with van der Waals surface area (Å²) >= 11 is 3.56. The smallest absolute Gasteiger partial charge is 0.0782 e. The van der Waals surface area contributed by atoms with Gasteiger partial charge in [-0.2, -0.15) is 0 Å². The molecule has 2 aromatic rings. The molecule has 0 fully saturated rings. The van der Waals surface area contributed by atoms with Gasteiger partial charge in [-0.25, -0.2) is 0 Å². The summed E-state index contributed by atoms with van der Waals surface area (Å²) in [6, 6.07) is 14.7. The number of aliphatic hydroxyl groups excluding tert-OH is 1. The Labute approximate surface area is 134 Å². The molecular formula is C18H20BrNO. The number of fused-ring (bicyclic) bond motifs is 1. The molecule has 3 heteroatoms. The summed E-state index contributed by atoms with van der Waals surface area (Å²) in [6.45, 7) is 5.09. The number of hydrogen-bond donors (Lipinski definition) is 1. The molecule has 110 valence electrons. The molecule has 1 N–H and O–H groups in total. The highest BCUT2D eigenvalue weighted by atomic mass is 79.9. The van der Waals surface area contributed by atoms with Gasteiger partial charge in [0.1, 0.15) is 0 Å². The molecule has 2 nitrogen and oxygen atoms in total. The molecule has 0 saturated heterocycles. The SMILES string of the molecule is CC1Cc2ccccc2N(c2cc(Br)ccc2C(C)O)C1. The van der Waals surface area contributed by atoms with E-state index >= 15 is 0 Å². The Bertz CT molecular complexity index is 653. The highest BCUT2D eigenvalue weighted by Crippen LogP contribution is 2.39. The number of para-hydroxylation sites is 1. The van der Waals surface area contributed by atoms with Gasteiger partial charge in [0, 0.05) is 28.0 Å². The molecule has 1 aliphatic heterocycles. The number of nitrogens with zero attached hydrogens (tertiary/aromatic N) is 1. The van der Waals surface area contributed by atoms with E-state index in [1.165, 1.54) is 11.3 Å². The maximum atomic E-state index is 10.1. The molecule has 2 aromatic carbocycles. The second-order valence-electron chi connectivity index (χ2n) is 5.93. The quantitative estimate of drug-likeness (QED) is 0.842. The molecule has 2 atom stereocenters. The Morgan fingerprint density at radius 3 is 2.71 bits per heavy atom. The van der Waals surface area contributed by atoms with Crippen molar-refractivity contribution in [2.45, 2.75) is 26.4 Å². The fourth-order valence-electron chi connectivity index (χ4n) is 3.13. The van der Waals surface area contributed by atoms with Crippen molar-refractivity contribution in [2.24, 2.45) is 5.92 Å². The van der Waals surface area contributed by atoms with Gasteiger partial charge in [0.25, 0.3) is 0 Å². The molecule has 1 heterocycles. The molecule has 0 aromatic heterocycles. The summed E-state index contributed by atoms with van der Waals surface area (Å²) in [5.74, 6) is 0.598. The summed E-state index contributed by atoms with van der Waals surface area (Å²) in [7, 11) is 0. The van der Waals surface area contributed by atoms with Crippen LogP contribution in [0.2, 0.25) is 0 Å². The largest absolute Gasteiger partial charge is 0.389 e. The first-order chi connectivity index (χ1) is 10.1. The standard InChI is InChI=1S/C18H20BrNO/c1-12-9-14-5-3-4-6-17(14)20(11-12)18-10-15(19)7-8-16(18)13(2)21/h3-8,10,12-13,21H,9,11H2,1-2H3. The van der Waals surface area contributed by atoms with Crippen molar-refractivity contribution in [3.05, 3.63) is 58.1 Å². The molecule has 0 radical (unpaired) electrons. The van der Waals surface area contributed by atoms with Gasteiger partial charge in [0.2, 0.25) is 0 Å². The van der Waals surface area contributed by atoms with Crippen LogP contribution in [0.4, 0.5) is 11.4 Å². The summed E-state index contributed by atoms with van der Waals surface area (Å²) < 4.78 is 1.04. The lowest BCUT2D eigenvalue weighted by Crippen LogP contribution is -2.31. The van der Waals surface area contributed by atoms with Crippen LogP contribution in [0.3, 0.4) is 0 Å². The Morgan fingerprint density at radius 2 is 1.95 bits per heavy atom. The van der Waals surface area contributed by atoms with Crippen LogP contribution >= 0.6 is 15.9 Å². The monoisotopic (exact) mass is 345 g/mol. The predicted octanol–water partition coefficient (Wildman–Crippen LogP) is 4.83. The van der Waals surface area contributed by atoms with Crippen LogP contribution in [0, 0.1) is 5.92 Å². The molecule has 0 amide bonds. The molecule has 21 heavy (non-hydrogen) atoms. The minimum Gasteiger partial charge on any atom is -0.389 e. The normalized spacial score (nSPS) is 19.2. The summed E-state index contributed by atoms with van der Waals surface area (Å²) in [4.78, 5) is 2.34. The third-order valence-electron chi connectivity index (χ3n) is 4.08. The van der Waals surface area contributed by atoms with E-state index in [9.17, 15) is 5.11 Å². The maximum Gasteiger partial charge on any atom is 0.0782 e. The van der Waals surface area contributed by atoms with Gasteiger partial charge < -0.3 is 10.0 Å². The number of anilines is 2. The summed E-state index contributed by atoms with van der Waals surface area (Å²) in [5.41, 5.74) is 4.71. The third kappa shape index (κ3) is 2.85. The van der Waals surface area contributed by atoms with Crippen LogP contribution < -0.4 is 4.90 Å². The van der Waals surface area contributed by atoms with Crippen molar-refractivity contribution in [2.75, 3.05) is 11.4 Å². The lowest BCUT2D eigenvalue weighted by Gasteiger charge is -2.36. The van der Waals surface area contributed by atoms with Gasteiger partial charge in [-0.05, 0) is 43.0 Å². The lowest BCUT2D eigenvalue weighted by atomic mass is 9.92. The third-order valence-corrected chi connectivity index (χ3v) is 4.57. The van der Waals surface area contributed by atoms with Gasteiger partial charge in [0.05, 0.1) is 6.10 Å². The minimum atomic E-state index is -0.475. The number of hydrogen-bond acceptors (Lipinski definition) is 2.